The Morgan fingerprint density at radius 1 is 1.15 bits per heavy atom. The van der Waals surface area contributed by atoms with Crippen LogP contribution in [0.15, 0.2) is 11.6 Å². The van der Waals surface area contributed by atoms with Crippen molar-refractivity contribution in [3.8, 4) is 0 Å². The number of alkyl halides is 1. The SMILES string of the molecule is CC12CCC(=O)C=C1CCC1C3CC[C@@]4(OCC4=O)C3(C)CC(O)[C@@]12F. The molecule has 3 saturated carbocycles. The largest absolute Gasteiger partial charge is 0.390 e. The van der Waals surface area contributed by atoms with E-state index in [0.717, 1.165) is 12.0 Å². The van der Waals surface area contributed by atoms with Gasteiger partial charge in [-0.3, -0.25) is 9.59 Å². The molecule has 0 bridgehead atoms. The standard InChI is InChI=1S/C21H27FO4/c1-18-7-5-13(23)9-12(18)3-4-15-14-6-8-20(17(25)11-26-20)19(14,2)10-16(24)21(15,18)22/h9,14-16,24H,3-8,10-11H2,1-2H3/t14?,15?,16?,18?,19?,20-,21-/m0/s1. The third kappa shape index (κ3) is 1.60. The van der Waals surface area contributed by atoms with Crippen LogP contribution < -0.4 is 0 Å². The lowest BCUT2D eigenvalue weighted by Crippen LogP contribution is -2.71. The number of halogens is 1. The van der Waals surface area contributed by atoms with Gasteiger partial charge in [-0.05, 0) is 50.5 Å². The lowest BCUT2D eigenvalue weighted by atomic mass is 9.43. The first-order valence-electron chi connectivity index (χ1n) is 9.97. The van der Waals surface area contributed by atoms with Crippen molar-refractivity contribution in [3.63, 3.8) is 0 Å². The van der Waals surface area contributed by atoms with Crippen LogP contribution in [-0.2, 0) is 14.3 Å². The minimum atomic E-state index is -1.74. The second-order valence-corrected chi connectivity index (χ2v) is 9.70. The van der Waals surface area contributed by atoms with Crippen molar-refractivity contribution in [3.05, 3.63) is 11.6 Å². The highest BCUT2D eigenvalue weighted by atomic mass is 19.1. The molecule has 5 rings (SSSR count). The summed E-state index contributed by atoms with van der Waals surface area (Å²) in [5.74, 6) is -0.0611. The van der Waals surface area contributed by atoms with Gasteiger partial charge < -0.3 is 9.84 Å². The van der Waals surface area contributed by atoms with E-state index in [1.54, 1.807) is 6.08 Å². The van der Waals surface area contributed by atoms with Crippen LogP contribution in [0.4, 0.5) is 4.39 Å². The van der Waals surface area contributed by atoms with Gasteiger partial charge in [0.15, 0.2) is 11.6 Å². The van der Waals surface area contributed by atoms with Crippen LogP contribution in [0.3, 0.4) is 0 Å². The Labute approximate surface area is 153 Å². The van der Waals surface area contributed by atoms with Crippen molar-refractivity contribution in [2.24, 2.45) is 22.7 Å². The first kappa shape index (κ1) is 17.1. The average Bonchev–Trinajstić information content (AvgIpc) is 2.90. The van der Waals surface area contributed by atoms with Gasteiger partial charge in [0.2, 0.25) is 0 Å². The predicted molar refractivity (Wildman–Crippen MR) is 92.1 cm³/mol. The number of Topliss-reactive ketones (excluding diaryl/α,β-unsaturated/α-hetero) is 1. The minimum Gasteiger partial charge on any atom is -0.390 e. The summed E-state index contributed by atoms with van der Waals surface area (Å²) < 4.78 is 22.6. The summed E-state index contributed by atoms with van der Waals surface area (Å²) >= 11 is 0. The number of fused-ring (bicyclic) bond motifs is 6. The van der Waals surface area contributed by atoms with Gasteiger partial charge in [-0.15, -0.1) is 0 Å². The molecule has 0 amide bonds. The molecule has 1 aliphatic heterocycles. The Balaban J connectivity index is 1.61. The van der Waals surface area contributed by atoms with Crippen molar-refractivity contribution in [2.45, 2.75) is 76.2 Å². The monoisotopic (exact) mass is 362 g/mol. The highest BCUT2D eigenvalue weighted by molar-refractivity contribution is 5.94. The van der Waals surface area contributed by atoms with Gasteiger partial charge in [0.05, 0.1) is 6.10 Å². The molecule has 5 unspecified atom stereocenters. The Kier molecular flexibility index (Phi) is 3.18. The number of hydrogen-bond donors (Lipinski definition) is 1. The second-order valence-electron chi connectivity index (χ2n) is 9.70. The number of carbonyl (C=O) groups is 2. The van der Waals surface area contributed by atoms with Gasteiger partial charge in [-0.1, -0.05) is 19.4 Å². The Morgan fingerprint density at radius 3 is 2.58 bits per heavy atom. The first-order valence-corrected chi connectivity index (χ1v) is 9.97. The summed E-state index contributed by atoms with van der Waals surface area (Å²) in [6, 6.07) is 0. The summed E-state index contributed by atoms with van der Waals surface area (Å²) in [6.45, 7) is 4.08. The average molecular weight is 362 g/mol. The predicted octanol–water partition coefficient (Wildman–Crippen LogP) is 2.92. The molecule has 0 aromatic heterocycles. The molecule has 5 heteroatoms. The van der Waals surface area contributed by atoms with Crippen LogP contribution in [0.2, 0.25) is 0 Å². The van der Waals surface area contributed by atoms with Gasteiger partial charge in [0, 0.05) is 23.2 Å². The Hall–Kier alpha value is -1.07. The summed E-state index contributed by atoms with van der Waals surface area (Å²) in [6.07, 6.45) is 4.33. The molecule has 4 fully saturated rings. The van der Waals surface area contributed by atoms with Gasteiger partial charge in [0.1, 0.15) is 17.9 Å². The van der Waals surface area contributed by atoms with Gasteiger partial charge in [-0.2, -0.15) is 0 Å². The molecule has 1 spiro atoms. The Morgan fingerprint density at radius 2 is 1.92 bits per heavy atom. The lowest BCUT2D eigenvalue weighted by Gasteiger charge is -2.64. The second kappa shape index (κ2) is 4.85. The van der Waals surface area contributed by atoms with E-state index in [0.29, 0.717) is 32.1 Å². The maximum absolute atomic E-state index is 16.8. The van der Waals surface area contributed by atoms with E-state index in [9.17, 15) is 14.7 Å². The molecule has 4 aliphatic carbocycles. The molecule has 7 atom stereocenters. The number of rotatable bonds is 0. The number of ether oxygens (including phenoxy) is 1. The molecular formula is C21H27FO4. The third-order valence-electron chi connectivity index (χ3n) is 9.06. The van der Waals surface area contributed by atoms with E-state index in [2.05, 4.69) is 0 Å². The van der Waals surface area contributed by atoms with Crippen molar-refractivity contribution in [1.29, 1.82) is 0 Å². The molecule has 1 saturated heterocycles. The fourth-order valence-electron chi connectivity index (χ4n) is 7.56. The van der Waals surface area contributed by atoms with Crippen molar-refractivity contribution in [1.82, 2.24) is 0 Å². The summed E-state index contributed by atoms with van der Waals surface area (Å²) in [7, 11) is 0. The molecule has 0 aromatic carbocycles. The number of aliphatic hydroxyl groups is 1. The van der Waals surface area contributed by atoms with Crippen molar-refractivity contribution < 1.29 is 23.8 Å². The number of ketones is 2. The van der Waals surface area contributed by atoms with Gasteiger partial charge in [-0.25, -0.2) is 4.39 Å². The summed E-state index contributed by atoms with van der Waals surface area (Å²) in [5, 5.41) is 11.1. The normalized spacial score (nSPS) is 55.7. The Bertz CT molecular complexity index is 746. The number of allylic oxidation sites excluding steroid dienone is 1. The number of hydrogen-bond acceptors (Lipinski definition) is 4. The van der Waals surface area contributed by atoms with Crippen LogP contribution in [0, 0.1) is 22.7 Å². The summed E-state index contributed by atoms with van der Waals surface area (Å²) in [4.78, 5) is 24.3. The first-order chi connectivity index (χ1) is 12.2. The smallest absolute Gasteiger partial charge is 0.190 e. The molecule has 142 valence electrons. The zero-order valence-corrected chi connectivity index (χ0v) is 15.5. The molecule has 4 nitrogen and oxygen atoms in total. The maximum atomic E-state index is 16.8. The fourth-order valence-corrected chi connectivity index (χ4v) is 7.56. The lowest BCUT2D eigenvalue weighted by molar-refractivity contribution is -0.250. The highest BCUT2D eigenvalue weighted by Crippen LogP contribution is 2.71. The van der Waals surface area contributed by atoms with E-state index < -0.39 is 28.2 Å². The molecule has 5 aliphatic rings. The molecule has 0 aromatic rings. The quantitative estimate of drug-likeness (QED) is 0.720. The number of aliphatic hydroxyl groups excluding tert-OH is 1. The van der Waals surface area contributed by atoms with Crippen LogP contribution in [0.5, 0.6) is 0 Å². The van der Waals surface area contributed by atoms with E-state index in [1.807, 2.05) is 13.8 Å². The molecule has 0 radical (unpaired) electrons. The molecule has 1 N–H and O–H groups in total. The van der Waals surface area contributed by atoms with Crippen LogP contribution >= 0.6 is 0 Å². The van der Waals surface area contributed by atoms with Gasteiger partial charge >= 0.3 is 0 Å². The minimum absolute atomic E-state index is 0.0381. The van der Waals surface area contributed by atoms with Crippen molar-refractivity contribution >= 4 is 11.6 Å². The van der Waals surface area contributed by atoms with E-state index in [-0.39, 0.29) is 36.4 Å². The van der Waals surface area contributed by atoms with E-state index in [4.69, 9.17) is 4.74 Å². The topological polar surface area (TPSA) is 63.6 Å². The summed E-state index contributed by atoms with van der Waals surface area (Å²) in [5.41, 5.74) is -2.95. The van der Waals surface area contributed by atoms with Crippen LogP contribution in [-0.4, -0.2) is 40.7 Å². The zero-order valence-electron chi connectivity index (χ0n) is 15.5. The van der Waals surface area contributed by atoms with Crippen LogP contribution in [0.1, 0.15) is 58.8 Å². The molecular weight excluding hydrogens is 335 g/mol. The highest BCUT2D eigenvalue weighted by Gasteiger charge is 2.76. The van der Waals surface area contributed by atoms with E-state index in [1.165, 1.54) is 0 Å². The number of carbonyl (C=O) groups excluding carboxylic acids is 2. The molecule has 26 heavy (non-hydrogen) atoms. The van der Waals surface area contributed by atoms with Crippen LogP contribution in [0.25, 0.3) is 0 Å². The maximum Gasteiger partial charge on any atom is 0.190 e. The van der Waals surface area contributed by atoms with Gasteiger partial charge in [0.25, 0.3) is 0 Å². The zero-order chi connectivity index (χ0) is 18.5. The van der Waals surface area contributed by atoms with Crippen molar-refractivity contribution in [2.75, 3.05) is 6.61 Å². The fraction of sp³-hybridized carbons (Fsp3) is 0.810. The third-order valence-corrected chi connectivity index (χ3v) is 9.06. The van der Waals surface area contributed by atoms with E-state index >= 15 is 4.39 Å². The molecule has 1 heterocycles.